The number of hydrogen-bond acceptors (Lipinski definition) is 4. The van der Waals surface area contributed by atoms with Crippen LogP contribution in [0.5, 0.6) is 0 Å². The van der Waals surface area contributed by atoms with E-state index in [2.05, 4.69) is 17.6 Å². The van der Waals surface area contributed by atoms with Gasteiger partial charge in [0.25, 0.3) is 0 Å². The number of benzene rings is 1. The predicted octanol–water partition coefficient (Wildman–Crippen LogP) is 2.22. The van der Waals surface area contributed by atoms with Crippen molar-refractivity contribution in [2.45, 2.75) is 37.8 Å². The van der Waals surface area contributed by atoms with Gasteiger partial charge in [0.1, 0.15) is 0 Å². The zero-order valence-electron chi connectivity index (χ0n) is 12.1. The van der Waals surface area contributed by atoms with Crippen LogP contribution in [0.3, 0.4) is 0 Å². The van der Waals surface area contributed by atoms with E-state index in [0.29, 0.717) is 13.2 Å². The third-order valence-corrected chi connectivity index (χ3v) is 4.57. The lowest BCUT2D eigenvalue weighted by molar-refractivity contribution is -0.110. The first-order chi connectivity index (χ1) is 9.61. The number of hydrazine groups is 1. The van der Waals surface area contributed by atoms with E-state index >= 15 is 0 Å². The highest BCUT2D eigenvalue weighted by Crippen LogP contribution is 2.31. The molecule has 0 saturated carbocycles. The first kappa shape index (κ1) is 15.7. The van der Waals surface area contributed by atoms with E-state index in [4.69, 9.17) is 26.9 Å². The Kier molecular flexibility index (Phi) is 5.41. The van der Waals surface area contributed by atoms with Crippen molar-refractivity contribution in [3.63, 3.8) is 0 Å². The molecule has 0 aromatic heterocycles. The second kappa shape index (κ2) is 6.87. The topological polar surface area (TPSA) is 56.5 Å². The lowest BCUT2D eigenvalue weighted by Gasteiger charge is -2.42. The molecule has 1 aromatic rings. The van der Waals surface area contributed by atoms with E-state index in [1.54, 1.807) is 7.11 Å². The Balaban J connectivity index is 2.18. The van der Waals surface area contributed by atoms with Crippen LogP contribution in [0.15, 0.2) is 18.2 Å². The van der Waals surface area contributed by atoms with Crippen molar-refractivity contribution < 1.29 is 9.47 Å². The molecule has 2 rings (SSSR count). The van der Waals surface area contributed by atoms with Gasteiger partial charge in [0.2, 0.25) is 0 Å². The summed E-state index contributed by atoms with van der Waals surface area (Å²) in [4.78, 5) is 0. The number of aryl methyl sites for hydroxylation is 1. The van der Waals surface area contributed by atoms with Crippen LogP contribution in [0, 0.1) is 6.92 Å². The summed E-state index contributed by atoms with van der Waals surface area (Å²) >= 11 is 6.32. The van der Waals surface area contributed by atoms with Crippen LogP contribution in [0.4, 0.5) is 0 Å². The Labute approximate surface area is 125 Å². The fourth-order valence-corrected chi connectivity index (χ4v) is 3.16. The van der Waals surface area contributed by atoms with Crippen molar-refractivity contribution >= 4 is 11.6 Å². The Morgan fingerprint density at radius 2 is 2.15 bits per heavy atom. The molecule has 20 heavy (non-hydrogen) atoms. The molecule has 1 heterocycles. The summed E-state index contributed by atoms with van der Waals surface area (Å²) in [6, 6.07) is 6.12. The molecule has 1 saturated heterocycles. The van der Waals surface area contributed by atoms with Crippen molar-refractivity contribution in [1.29, 1.82) is 0 Å². The number of hydrogen-bond donors (Lipinski definition) is 2. The van der Waals surface area contributed by atoms with E-state index in [9.17, 15) is 0 Å². The summed E-state index contributed by atoms with van der Waals surface area (Å²) in [5.41, 5.74) is 4.87. The van der Waals surface area contributed by atoms with Gasteiger partial charge >= 0.3 is 0 Å². The van der Waals surface area contributed by atoms with Crippen LogP contribution in [-0.2, 0) is 15.9 Å². The van der Waals surface area contributed by atoms with Crippen LogP contribution in [-0.4, -0.2) is 32.0 Å². The zero-order chi connectivity index (χ0) is 14.6. The SMILES string of the molecule is COC1(C(Cc2ccc(C)cc2Cl)NN)CCOCC1. The highest BCUT2D eigenvalue weighted by molar-refractivity contribution is 6.31. The molecule has 1 aliphatic rings. The van der Waals surface area contributed by atoms with Crippen molar-refractivity contribution in [1.82, 2.24) is 5.43 Å². The molecule has 0 radical (unpaired) electrons. The minimum absolute atomic E-state index is 0.0107. The Morgan fingerprint density at radius 1 is 1.45 bits per heavy atom. The number of ether oxygens (including phenoxy) is 2. The van der Waals surface area contributed by atoms with Crippen molar-refractivity contribution in [3.8, 4) is 0 Å². The first-order valence-electron chi connectivity index (χ1n) is 6.95. The van der Waals surface area contributed by atoms with Gasteiger partial charge in [-0.2, -0.15) is 0 Å². The Hall–Kier alpha value is -0.650. The maximum absolute atomic E-state index is 6.32. The fraction of sp³-hybridized carbons (Fsp3) is 0.600. The minimum Gasteiger partial charge on any atom is -0.381 e. The molecular formula is C15H23ClN2O2. The van der Waals surface area contributed by atoms with Crippen molar-refractivity contribution in [2.24, 2.45) is 5.84 Å². The van der Waals surface area contributed by atoms with Gasteiger partial charge in [-0.15, -0.1) is 0 Å². The first-order valence-corrected chi connectivity index (χ1v) is 7.33. The number of halogens is 1. The quantitative estimate of drug-likeness (QED) is 0.646. The number of methoxy groups -OCH3 is 1. The van der Waals surface area contributed by atoms with Crippen LogP contribution in [0.25, 0.3) is 0 Å². The van der Waals surface area contributed by atoms with Crippen LogP contribution in [0.2, 0.25) is 5.02 Å². The highest BCUT2D eigenvalue weighted by atomic mass is 35.5. The average molecular weight is 299 g/mol. The summed E-state index contributed by atoms with van der Waals surface area (Å²) in [6.45, 7) is 3.44. The molecule has 0 aliphatic carbocycles. The third kappa shape index (κ3) is 3.32. The summed E-state index contributed by atoms with van der Waals surface area (Å²) in [6.07, 6.45) is 2.41. The van der Waals surface area contributed by atoms with Gasteiger partial charge in [0, 0.05) is 38.2 Å². The molecule has 1 fully saturated rings. The van der Waals surface area contributed by atoms with E-state index in [-0.39, 0.29) is 11.6 Å². The van der Waals surface area contributed by atoms with Crippen molar-refractivity contribution in [2.75, 3.05) is 20.3 Å². The van der Waals surface area contributed by atoms with Gasteiger partial charge in [0.15, 0.2) is 0 Å². The molecule has 3 N–H and O–H groups in total. The molecule has 0 spiro atoms. The molecule has 1 atom stereocenters. The molecular weight excluding hydrogens is 276 g/mol. The molecule has 0 bridgehead atoms. The van der Waals surface area contributed by atoms with E-state index < -0.39 is 0 Å². The molecule has 112 valence electrons. The van der Waals surface area contributed by atoms with Crippen LogP contribution < -0.4 is 11.3 Å². The van der Waals surface area contributed by atoms with Gasteiger partial charge in [-0.25, -0.2) is 0 Å². The second-order valence-corrected chi connectivity index (χ2v) is 5.81. The molecule has 4 nitrogen and oxygen atoms in total. The lowest BCUT2D eigenvalue weighted by Crippen LogP contribution is -2.58. The van der Waals surface area contributed by atoms with Gasteiger partial charge in [0.05, 0.1) is 11.6 Å². The molecule has 5 heteroatoms. The van der Waals surface area contributed by atoms with Gasteiger partial charge in [-0.1, -0.05) is 23.7 Å². The van der Waals surface area contributed by atoms with E-state index in [0.717, 1.165) is 35.4 Å². The Bertz CT molecular complexity index is 447. The van der Waals surface area contributed by atoms with Crippen molar-refractivity contribution in [3.05, 3.63) is 34.3 Å². The minimum atomic E-state index is -0.290. The van der Waals surface area contributed by atoms with E-state index in [1.165, 1.54) is 0 Å². The third-order valence-electron chi connectivity index (χ3n) is 4.21. The highest BCUT2D eigenvalue weighted by Gasteiger charge is 2.40. The standard InChI is InChI=1S/C15H23ClN2O2/c1-11-3-4-12(13(16)9-11)10-14(18-17)15(19-2)5-7-20-8-6-15/h3-4,9,14,18H,5-8,10,17H2,1-2H3. The second-order valence-electron chi connectivity index (χ2n) is 5.40. The van der Waals surface area contributed by atoms with Gasteiger partial charge in [-0.05, 0) is 30.5 Å². The number of rotatable bonds is 5. The normalized spacial score (nSPS) is 19.8. The summed E-state index contributed by atoms with van der Waals surface area (Å²) in [5, 5.41) is 0.781. The molecule has 0 amide bonds. The monoisotopic (exact) mass is 298 g/mol. The summed E-state index contributed by atoms with van der Waals surface area (Å²) < 4.78 is 11.2. The van der Waals surface area contributed by atoms with Crippen LogP contribution in [0.1, 0.15) is 24.0 Å². The molecule has 1 unspecified atom stereocenters. The van der Waals surface area contributed by atoms with E-state index in [1.807, 2.05) is 13.0 Å². The molecule has 1 aromatic carbocycles. The average Bonchev–Trinajstić information content (AvgIpc) is 2.47. The zero-order valence-corrected chi connectivity index (χ0v) is 12.9. The maximum Gasteiger partial charge on any atom is 0.0891 e. The smallest absolute Gasteiger partial charge is 0.0891 e. The number of nitrogens with one attached hydrogen (secondary N) is 1. The lowest BCUT2D eigenvalue weighted by atomic mass is 9.83. The van der Waals surface area contributed by atoms with Gasteiger partial charge < -0.3 is 9.47 Å². The predicted molar refractivity (Wildman–Crippen MR) is 80.8 cm³/mol. The summed E-state index contributed by atoms with van der Waals surface area (Å²) in [7, 11) is 1.74. The largest absolute Gasteiger partial charge is 0.381 e. The van der Waals surface area contributed by atoms with Gasteiger partial charge in [-0.3, -0.25) is 11.3 Å². The Morgan fingerprint density at radius 3 is 2.70 bits per heavy atom. The fourth-order valence-electron chi connectivity index (χ4n) is 2.85. The maximum atomic E-state index is 6.32. The molecule has 1 aliphatic heterocycles. The number of nitrogens with two attached hydrogens (primary N) is 1. The van der Waals surface area contributed by atoms with Crippen LogP contribution >= 0.6 is 11.6 Å². The summed E-state index contributed by atoms with van der Waals surface area (Å²) in [5.74, 6) is 5.78.